The van der Waals surface area contributed by atoms with Gasteiger partial charge in [0.2, 0.25) is 0 Å². The number of aromatic nitrogens is 1. The fourth-order valence-corrected chi connectivity index (χ4v) is 4.92. The van der Waals surface area contributed by atoms with Gasteiger partial charge in [-0.3, -0.25) is 20.1 Å². The Hall–Kier alpha value is -2.82. The SMILES string of the molecule is CN1CCN(c2cccc(N(Cc3ccc(C(=O)NN)cn3)C(=O)N3CCSCC3)c2)CC1. The predicted molar refractivity (Wildman–Crippen MR) is 133 cm³/mol. The molecule has 1 aromatic heterocycles. The van der Waals surface area contributed by atoms with Crippen LogP contribution in [0.4, 0.5) is 16.2 Å². The lowest BCUT2D eigenvalue weighted by atomic mass is 10.2. The summed E-state index contributed by atoms with van der Waals surface area (Å²) in [5.41, 5.74) is 5.16. The molecule has 1 aromatic carbocycles. The first-order valence-corrected chi connectivity index (χ1v) is 12.3. The van der Waals surface area contributed by atoms with Gasteiger partial charge in [-0.05, 0) is 37.4 Å². The first-order chi connectivity index (χ1) is 16.0. The number of benzene rings is 1. The normalized spacial score (nSPS) is 17.0. The quantitative estimate of drug-likeness (QED) is 0.390. The minimum Gasteiger partial charge on any atom is -0.369 e. The van der Waals surface area contributed by atoms with Crippen LogP contribution in [0.2, 0.25) is 0 Å². The Bertz CT molecular complexity index is 958. The van der Waals surface area contributed by atoms with E-state index in [1.165, 1.54) is 6.20 Å². The molecule has 10 heteroatoms. The van der Waals surface area contributed by atoms with E-state index in [9.17, 15) is 9.59 Å². The highest BCUT2D eigenvalue weighted by Gasteiger charge is 2.25. The Balaban J connectivity index is 1.59. The molecule has 0 radical (unpaired) electrons. The van der Waals surface area contributed by atoms with Crippen molar-refractivity contribution in [2.75, 3.05) is 67.6 Å². The van der Waals surface area contributed by atoms with Crippen molar-refractivity contribution in [1.82, 2.24) is 20.2 Å². The fraction of sp³-hybridized carbons (Fsp3) is 0.435. The first-order valence-electron chi connectivity index (χ1n) is 11.2. The number of nitrogens with one attached hydrogen (secondary N) is 1. The van der Waals surface area contributed by atoms with Gasteiger partial charge in [0.15, 0.2) is 0 Å². The van der Waals surface area contributed by atoms with Gasteiger partial charge in [-0.1, -0.05) is 6.07 Å². The number of nitrogens with zero attached hydrogens (tertiary/aromatic N) is 5. The molecule has 33 heavy (non-hydrogen) atoms. The number of anilines is 2. The van der Waals surface area contributed by atoms with Crippen molar-refractivity contribution in [3.8, 4) is 0 Å². The number of piperazine rings is 1. The molecule has 0 atom stereocenters. The maximum atomic E-state index is 13.6. The number of likely N-dealkylation sites (N-methyl/N-ethyl adjacent to an activating group) is 1. The van der Waals surface area contributed by atoms with E-state index < -0.39 is 5.91 Å². The number of rotatable bonds is 5. The molecule has 2 aliphatic heterocycles. The minimum absolute atomic E-state index is 0.0172. The zero-order chi connectivity index (χ0) is 23.2. The highest BCUT2D eigenvalue weighted by Crippen LogP contribution is 2.26. The summed E-state index contributed by atoms with van der Waals surface area (Å²) in [7, 11) is 2.14. The van der Waals surface area contributed by atoms with Gasteiger partial charge in [0.1, 0.15) is 0 Å². The highest BCUT2D eigenvalue weighted by molar-refractivity contribution is 7.99. The molecule has 2 aliphatic rings. The zero-order valence-corrected chi connectivity index (χ0v) is 19.8. The topological polar surface area (TPSA) is 98.0 Å². The molecular weight excluding hydrogens is 438 g/mol. The number of carbonyl (C=O) groups is 2. The van der Waals surface area contributed by atoms with Crippen LogP contribution in [0.25, 0.3) is 0 Å². The van der Waals surface area contributed by atoms with Crippen LogP contribution in [0.15, 0.2) is 42.6 Å². The van der Waals surface area contributed by atoms with Crippen molar-refractivity contribution in [3.05, 3.63) is 53.9 Å². The van der Waals surface area contributed by atoms with Gasteiger partial charge < -0.3 is 14.7 Å². The van der Waals surface area contributed by atoms with Crippen LogP contribution < -0.4 is 21.1 Å². The molecule has 0 unspecified atom stereocenters. The molecule has 0 bridgehead atoms. The number of hydrogen-bond acceptors (Lipinski definition) is 7. The second-order valence-corrected chi connectivity index (χ2v) is 9.51. The Morgan fingerprint density at radius 2 is 1.85 bits per heavy atom. The van der Waals surface area contributed by atoms with Crippen LogP contribution >= 0.6 is 11.8 Å². The third-order valence-electron chi connectivity index (χ3n) is 6.06. The van der Waals surface area contributed by atoms with Crippen LogP contribution in [0.5, 0.6) is 0 Å². The smallest absolute Gasteiger partial charge is 0.324 e. The number of nitrogen functional groups attached to an aromatic ring is 1. The molecule has 0 aliphatic carbocycles. The maximum absolute atomic E-state index is 13.6. The molecule has 2 aromatic rings. The molecule has 3 N–H and O–H groups in total. The van der Waals surface area contributed by atoms with Gasteiger partial charge in [-0.25, -0.2) is 10.6 Å². The standard InChI is InChI=1S/C23H31N7O2S/c1-27-7-9-28(10-8-27)20-3-2-4-21(15-20)30(23(32)29-11-13-33-14-12-29)17-19-6-5-18(16-25-19)22(31)26-24/h2-6,15-16H,7-14,17,24H2,1H3,(H,26,31). The van der Waals surface area contributed by atoms with Crippen LogP contribution in [0.3, 0.4) is 0 Å². The average Bonchev–Trinajstić information content (AvgIpc) is 2.88. The van der Waals surface area contributed by atoms with Gasteiger partial charge in [0.05, 0.1) is 17.8 Å². The molecule has 3 heterocycles. The Morgan fingerprint density at radius 3 is 2.52 bits per heavy atom. The molecule has 3 amide bonds. The second kappa shape index (κ2) is 10.9. The number of pyridine rings is 1. The summed E-state index contributed by atoms with van der Waals surface area (Å²) in [6, 6.07) is 11.6. The molecule has 176 valence electrons. The lowest BCUT2D eigenvalue weighted by Crippen LogP contribution is -2.47. The summed E-state index contributed by atoms with van der Waals surface area (Å²) in [6.45, 7) is 5.75. The lowest BCUT2D eigenvalue weighted by Gasteiger charge is -2.35. The summed E-state index contributed by atoms with van der Waals surface area (Å²) < 4.78 is 0. The molecular formula is C23H31N7O2S. The lowest BCUT2D eigenvalue weighted by molar-refractivity contribution is 0.0953. The van der Waals surface area contributed by atoms with Gasteiger partial charge >= 0.3 is 6.03 Å². The summed E-state index contributed by atoms with van der Waals surface area (Å²) in [4.78, 5) is 38.1. The van der Waals surface area contributed by atoms with Gasteiger partial charge in [0, 0.05) is 68.3 Å². The van der Waals surface area contributed by atoms with Gasteiger partial charge in [-0.15, -0.1) is 0 Å². The van der Waals surface area contributed by atoms with Gasteiger partial charge in [0.25, 0.3) is 5.91 Å². The third-order valence-corrected chi connectivity index (χ3v) is 7.00. The number of hydrogen-bond donors (Lipinski definition) is 2. The monoisotopic (exact) mass is 469 g/mol. The predicted octanol–water partition coefficient (Wildman–Crippen LogP) is 1.61. The van der Waals surface area contributed by atoms with Gasteiger partial charge in [-0.2, -0.15) is 11.8 Å². The summed E-state index contributed by atoms with van der Waals surface area (Å²) in [5.74, 6) is 6.71. The van der Waals surface area contributed by atoms with E-state index >= 15 is 0 Å². The van der Waals surface area contributed by atoms with E-state index in [0.29, 0.717) is 17.8 Å². The number of amides is 3. The fourth-order valence-electron chi connectivity index (χ4n) is 4.01. The summed E-state index contributed by atoms with van der Waals surface area (Å²) in [5, 5.41) is 0. The Labute approximate surface area is 198 Å². The largest absolute Gasteiger partial charge is 0.369 e. The third kappa shape index (κ3) is 5.76. The number of urea groups is 1. The van der Waals surface area contributed by atoms with E-state index in [1.54, 1.807) is 17.0 Å². The van der Waals surface area contributed by atoms with Crippen molar-refractivity contribution in [2.45, 2.75) is 6.54 Å². The molecule has 9 nitrogen and oxygen atoms in total. The molecule has 2 saturated heterocycles. The zero-order valence-electron chi connectivity index (χ0n) is 18.9. The number of nitrogens with two attached hydrogens (primary N) is 1. The molecule has 0 spiro atoms. The molecule has 2 fully saturated rings. The first kappa shape index (κ1) is 23.3. The van der Waals surface area contributed by atoms with Crippen LogP contribution in [0.1, 0.15) is 16.1 Å². The van der Waals surface area contributed by atoms with E-state index in [0.717, 1.165) is 62.1 Å². The van der Waals surface area contributed by atoms with Crippen molar-refractivity contribution in [3.63, 3.8) is 0 Å². The van der Waals surface area contributed by atoms with Crippen LogP contribution in [-0.2, 0) is 6.54 Å². The average molecular weight is 470 g/mol. The van der Waals surface area contributed by atoms with Crippen molar-refractivity contribution in [2.24, 2.45) is 5.84 Å². The van der Waals surface area contributed by atoms with E-state index in [4.69, 9.17) is 5.84 Å². The maximum Gasteiger partial charge on any atom is 0.324 e. The number of carbonyl (C=O) groups excluding carboxylic acids is 2. The van der Waals surface area contributed by atoms with Crippen molar-refractivity contribution >= 4 is 35.1 Å². The Morgan fingerprint density at radius 1 is 1.09 bits per heavy atom. The Kier molecular flexibility index (Phi) is 7.69. The highest BCUT2D eigenvalue weighted by atomic mass is 32.2. The molecule has 4 rings (SSSR count). The molecule has 0 saturated carbocycles. The van der Waals surface area contributed by atoms with E-state index in [1.807, 2.05) is 28.8 Å². The van der Waals surface area contributed by atoms with Crippen LogP contribution in [-0.4, -0.2) is 84.5 Å². The van der Waals surface area contributed by atoms with Crippen molar-refractivity contribution < 1.29 is 9.59 Å². The van der Waals surface area contributed by atoms with E-state index in [2.05, 4.69) is 39.4 Å². The second-order valence-electron chi connectivity index (χ2n) is 8.29. The summed E-state index contributed by atoms with van der Waals surface area (Å²) in [6.07, 6.45) is 1.48. The van der Waals surface area contributed by atoms with E-state index in [-0.39, 0.29) is 6.03 Å². The number of thioether (sulfide) groups is 1. The minimum atomic E-state index is -0.396. The number of hydrazine groups is 1. The summed E-state index contributed by atoms with van der Waals surface area (Å²) >= 11 is 1.87. The van der Waals surface area contributed by atoms with Crippen molar-refractivity contribution in [1.29, 1.82) is 0 Å². The van der Waals surface area contributed by atoms with Crippen LogP contribution in [0, 0.1) is 0 Å².